The van der Waals surface area contributed by atoms with Gasteiger partial charge in [0.15, 0.2) is 5.76 Å². The van der Waals surface area contributed by atoms with Crippen LogP contribution in [0.15, 0.2) is 59.0 Å². The molecule has 0 unspecified atom stereocenters. The van der Waals surface area contributed by atoms with E-state index in [-0.39, 0.29) is 12.5 Å². The van der Waals surface area contributed by atoms with Gasteiger partial charge in [-0.25, -0.2) is 0 Å². The van der Waals surface area contributed by atoms with E-state index in [0.717, 1.165) is 25.2 Å². The molecule has 5 nitrogen and oxygen atoms in total. The molecule has 4 rings (SSSR count). The second-order valence-corrected chi connectivity index (χ2v) is 8.58. The summed E-state index contributed by atoms with van der Waals surface area (Å²) in [4.78, 5) is 16.9. The monoisotopic (exact) mass is 478 g/mol. The third-order valence-electron chi connectivity index (χ3n) is 5.12. The quantitative estimate of drug-likeness (QED) is 0.450. The summed E-state index contributed by atoms with van der Waals surface area (Å²) in [6.45, 7) is 3.84. The summed E-state index contributed by atoms with van der Waals surface area (Å²) in [6.07, 6.45) is 0. The molecule has 8 heteroatoms. The zero-order chi connectivity index (χ0) is 21.8. The van der Waals surface area contributed by atoms with Crippen LogP contribution in [0.25, 0.3) is 0 Å². The zero-order valence-corrected chi connectivity index (χ0v) is 19.0. The Morgan fingerprint density at radius 2 is 1.65 bits per heavy atom. The molecule has 0 bridgehead atoms. The first-order valence-electron chi connectivity index (χ1n) is 9.90. The third-order valence-corrected chi connectivity index (χ3v) is 6.11. The Labute approximate surface area is 196 Å². The highest BCUT2D eigenvalue weighted by atomic mass is 35.5. The molecule has 2 aromatic carbocycles. The Kier molecular flexibility index (Phi) is 7.08. The molecule has 1 aromatic heterocycles. The van der Waals surface area contributed by atoms with Gasteiger partial charge in [-0.2, -0.15) is 0 Å². The Morgan fingerprint density at radius 1 is 0.903 bits per heavy atom. The smallest absolute Gasteiger partial charge is 0.289 e. The van der Waals surface area contributed by atoms with Crippen LogP contribution in [0.5, 0.6) is 5.75 Å². The fourth-order valence-corrected chi connectivity index (χ4v) is 3.86. The van der Waals surface area contributed by atoms with E-state index in [0.29, 0.717) is 45.4 Å². The maximum atomic E-state index is 12.8. The van der Waals surface area contributed by atoms with Crippen molar-refractivity contribution in [3.8, 4) is 5.75 Å². The molecule has 0 spiro atoms. The number of furan rings is 1. The SMILES string of the molecule is O=C(c1ccc(COc2ccc(Cl)cc2)o1)N1CCN(Cc2ccc(Cl)c(Cl)c2)CC1. The first-order valence-corrected chi connectivity index (χ1v) is 11.0. The molecule has 3 aromatic rings. The van der Waals surface area contributed by atoms with Crippen LogP contribution >= 0.6 is 34.8 Å². The molecule has 1 fully saturated rings. The van der Waals surface area contributed by atoms with Crippen molar-refractivity contribution in [2.24, 2.45) is 0 Å². The second-order valence-electron chi connectivity index (χ2n) is 7.33. The predicted octanol–water partition coefficient (Wildman–Crippen LogP) is 5.78. The van der Waals surface area contributed by atoms with Gasteiger partial charge in [-0.05, 0) is 54.1 Å². The van der Waals surface area contributed by atoms with Gasteiger partial charge in [0, 0.05) is 37.7 Å². The summed E-state index contributed by atoms with van der Waals surface area (Å²) in [5.74, 6) is 1.50. The summed E-state index contributed by atoms with van der Waals surface area (Å²) in [6, 6.07) is 16.2. The Bertz CT molecular complexity index is 1040. The molecular formula is C23H21Cl3N2O3. The van der Waals surface area contributed by atoms with E-state index in [9.17, 15) is 4.79 Å². The lowest BCUT2D eigenvalue weighted by Gasteiger charge is -2.34. The largest absolute Gasteiger partial charge is 0.486 e. The number of amides is 1. The highest BCUT2D eigenvalue weighted by Crippen LogP contribution is 2.24. The van der Waals surface area contributed by atoms with E-state index < -0.39 is 0 Å². The van der Waals surface area contributed by atoms with Gasteiger partial charge in [0.2, 0.25) is 0 Å². The van der Waals surface area contributed by atoms with Crippen molar-refractivity contribution in [2.75, 3.05) is 26.2 Å². The molecule has 31 heavy (non-hydrogen) atoms. The first kappa shape index (κ1) is 22.0. The topological polar surface area (TPSA) is 45.9 Å². The van der Waals surface area contributed by atoms with E-state index in [4.69, 9.17) is 44.0 Å². The van der Waals surface area contributed by atoms with Crippen molar-refractivity contribution in [3.63, 3.8) is 0 Å². The van der Waals surface area contributed by atoms with Crippen molar-refractivity contribution in [1.82, 2.24) is 9.80 Å². The maximum Gasteiger partial charge on any atom is 0.289 e. The number of rotatable bonds is 6. The van der Waals surface area contributed by atoms with Crippen LogP contribution in [0.1, 0.15) is 21.9 Å². The number of hydrogen-bond acceptors (Lipinski definition) is 4. The van der Waals surface area contributed by atoms with Crippen LogP contribution in [0.3, 0.4) is 0 Å². The summed E-state index contributed by atoms with van der Waals surface area (Å²) < 4.78 is 11.4. The molecule has 1 aliphatic heterocycles. The number of halogens is 3. The van der Waals surface area contributed by atoms with Gasteiger partial charge in [0.05, 0.1) is 10.0 Å². The lowest BCUT2D eigenvalue weighted by atomic mass is 10.2. The Balaban J connectivity index is 1.27. The van der Waals surface area contributed by atoms with Crippen LogP contribution in [-0.4, -0.2) is 41.9 Å². The summed E-state index contributed by atoms with van der Waals surface area (Å²) in [5.41, 5.74) is 1.10. The molecule has 0 N–H and O–H groups in total. The molecule has 0 radical (unpaired) electrons. The number of piperazine rings is 1. The number of carbonyl (C=O) groups excluding carboxylic acids is 1. The number of carbonyl (C=O) groups is 1. The predicted molar refractivity (Wildman–Crippen MR) is 122 cm³/mol. The second kappa shape index (κ2) is 9.96. The number of nitrogens with zero attached hydrogens (tertiary/aromatic N) is 2. The Morgan fingerprint density at radius 3 is 2.35 bits per heavy atom. The fraction of sp³-hybridized carbons (Fsp3) is 0.261. The lowest BCUT2D eigenvalue weighted by molar-refractivity contribution is 0.0594. The van der Waals surface area contributed by atoms with Gasteiger partial charge >= 0.3 is 0 Å². The van der Waals surface area contributed by atoms with Crippen LogP contribution in [0.4, 0.5) is 0 Å². The van der Waals surface area contributed by atoms with E-state index in [1.165, 1.54) is 0 Å². The normalized spacial score (nSPS) is 14.6. The average Bonchev–Trinajstić information content (AvgIpc) is 3.25. The van der Waals surface area contributed by atoms with Gasteiger partial charge in [-0.3, -0.25) is 9.69 Å². The van der Waals surface area contributed by atoms with Crippen molar-refractivity contribution in [1.29, 1.82) is 0 Å². The van der Waals surface area contributed by atoms with Gasteiger partial charge in [0.25, 0.3) is 5.91 Å². The van der Waals surface area contributed by atoms with Crippen molar-refractivity contribution in [3.05, 3.63) is 86.7 Å². The van der Waals surface area contributed by atoms with Gasteiger partial charge in [0.1, 0.15) is 18.1 Å². The lowest BCUT2D eigenvalue weighted by Crippen LogP contribution is -2.48. The highest BCUT2D eigenvalue weighted by Gasteiger charge is 2.24. The summed E-state index contributed by atoms with van der Waals surface area (Å²) in [5, 5.41) is 1.76. The van der Waals surface area contributed by atoms with E-state index in [1.807, 2.05) is 23.1 Å². The van der Waals surface area contributed by atoms with Crippen LogP contribution in [0.2, 0.25) is 15.1 Å². The maximum absolute atomic E-state index is 12.8. The molecule has 0 atom stereocenters. The Hall–Kier alpha value is -2.18. The van der Waals surface area contributed by atoms with Crippen LogP contribution in [-0.2, 0) is 13.2 Å². The molecule has 1 aliphatic rings. The van der Waals surface area contributed by atoms with Crippen molar-refractivity contribution < 1.29 is 13.9 Å². The van der Waals surface area contributed by atoms with Gasteiger partial charge in [-0.15, -0.1) is 0 Å². The number of benzene rings is 2. The first-order chi connectivity index (χ1) is 15.0. The molecular weight excluding hydrogens is 459 g/mol. The summed E-state index contributed by atoms with van der Waals surface area (Å²) >= 11 is 18.0. The van der Waals surface area contributed by atoms with E-state index in [2.05, 4.69) is 4.90 Å². The van der Waals surface area contributed by atoms with Gasteiger partial charge < -0.3 is 14.1 Å². The fourth-order valence-electron chi connectivity index (χ4n) is 3.42. The molecule has 2 heterocycles. The van der Waals surface area contributed by atoms with Crippen molar-refractivity contribution in [2.45, 2.75) is 13.2 Å². The average molecular weight is 480 g/mol. The van der Waals surface area contributed by atoms with Crippen LogP contribution in [0, 0.1) is 0 Å². The van der Waals surface area contributed by atoms with Crippen molar-refractivity contribution >= 4 is 40.7 Å². The molecule has 162 valence electrons. The minimum Gasteiger partial charge on any atom is -0.486 e. The molecule has 0 saturated carbocycles. The molecule has 0 aliphatic carbocycles. The van der Waals surface area contributed by atoms with Gasteiger partial charge in [-0.1, -0.05) is 40.9 Å². The number of ether oxygens (including phenoxy) is 1. The third kappa shape index (κ3) is 5.74. The summed E-state index contributed by atoms with van der Waals surface area (Å²) in [7, 11) is 0. The number of hydrogen-bond donors (Lipinski definition) is 0. The minimum absolute atomic E-state index is 0.105. The molecule has 1 saturated heterocycles. The molecule has 1 amide bonds. The highest BCUT2D eigenvalue weighted by molar-refractivity contribution is 6.42. The standard InChI is InChI=1S/C23H21Cl3N2O3/c24-17-2-4-18(5-3-17)30-15-19-6-8-22(31-19)23(29)28-11-9-27(10-12-28)14-16-1-7-20(25)21(26)13-16/h1-8,13H,9-12,14-15H2. The zero-order valence-electron chi connectivity index (χ0n) is 16.7. The van der Waals surface area contributed by atoms with E-state index in [1.54, 1.807) is 36.4 Å². The van der Waals surface area contributed by atoms with E-state index >= 15 is 0 Å². The van der Waals surface area contributed by atoms with Crippen LogP contribution < -0.4 is 4.74 Å². The minimum atomic E-state index is -0.105.